The van der Waals surface area contributed by atoms with Gasteiger partial charge in [0.25, 0.3) is 0 Å². The number of carbonyl (C=O) groups excluding carboxylic acids is 2. The fourth-order valence-corrected chi connectivity index (χ4v) is 5.23. The molecule has 2 rings (SSSR count). The highest BCUT2D eigenvalue weighted by Crippen LogP contribution is 2.22. The Hall–Kier alpha value is -2.58. The molecule has 0 unspecified atom stereocenters. The fraction of sp³-hybridized carbons (Fsp3) is 0.500. The molecule has 7 nitrogen and oxygen atoms in total. The lowest BCUT2D eigenvalue weighted by Crippen LogP contribution is -2.50. The molecule has 0 saturated carbocycles. The molecule has 37 heavy (non-hydrogen) atoms. The minimum Gasteiger partial charge on any atom is -0.352 e. The number of aryl methyl sites for hydroxylation is 1. The number of amides is 2. The molecule has 2 aromatic carbocycles. The first-order chi connectivity index (χ1) is 17.5. The Kier molecular flexibility index (Phi) is 11.9. The molecule has 2 amide bonds. The Labute approximate surface area is 227 Å². The lowest BCUT2D eigenvalue weighted by molar-refractivity contribution is -0.141. The largest absolute Gasteiger partial charge is 0.352 e. The summed E-state index contributed by atoms with van der Waals surface area (Å²) in [5, 5.41) is 3.51. The van der Waals surface area contributed by atoms with E-state index in [2.05, 4.69) is 5.32 Å². The van der Waals surface area contributed by atoms with Crippen LogP contribution in [0.15, 0.2) is 48.5 Å². The van der Waals surface area contributed by atoms with Gasteiger partial charge >= 0.3 is 0 Å². The normalized spacial score (nSPS) is 13.0. The molecule has 0 aliphatic rings. The molecule has 1 N–H and O–H groups in total. The van der Waals surface area contributed by atoms with Gasteiger partial charge < -0.3 is 10.2 Å². The van der Waals surface area contributed by atoms with Crippen LogP contribution in [0.25, 0.3) is 0 Å². The van der Waals surface area contributed by atoms with E-state index in [9.17, 15) is 18.0 Å². The van der Waals surface area contributed by atoms with Crippen LogP contribution in [0.3, 0.4) is 0 Å². The van der Waals surface area contributed by atoms with Crippen LogP contribution >= 0.6 is 11.6 Å². The van der Waals surface area contributed by atoms with Gasteiger partial charge in [0.1, 0.15) is 6.04 Å². The highest BCUT2D eigenvalue weighted by Gasteiger charge is 2.29. The molecule has 0 heterocycles. The third kappa shape index (κ3) is 9.04. The van der Waals surface area contributed by atoms with Gasteiger partial charge in [-0.2, -0.15) is 0 Å². The average Bonchev–Trinajstić information content (AvgIpc) is 2.86. The van der Waals surface area contributed by atoms with Gasteiger partial charge in [0, 0.05) is 30.6 Å². The van der Waals surface area contributed by atoms with Gasteiger partial charge in [-0.1, -0.05) is 62.7 Å². The minimum absolute atomic E-state index is 0.0127. The van der Waals surface area contributed by atoms with E-state index < -0.39 is 16.1 Å². The summed E-state index contributed by atoms with van der Waals surface area (Å²) >= 11 is 6.38. The first kappa shape index (κ1) is 30.6. The maximum Gasteiger partial charge on any atom is 0.243 e. The third-order valence-corrected chi connectivity index (χ3v) is 8.03. The Morgan fingerprint density at radius 3 is 2.19 bits per heavy atom. The second kappa shape index (κ2) is 14.4. The number of hydrogen-bond donors (Lipinski definition) is 1. The second-order valence-electron chi connectivity index (χ2n) is 9.31. The van der Waals surface area contributed by atoms with Gasteiger partial charge in [0.05, 0.1) is 11.9 Å². The lowest BCUT2D eigenvalue weighted by Gasteiger charge is -2.32. The van der Waals surface area contributed by atoms with Crippen LogP contribution in [0.4, 0.5) is 5.69 Å². The van der Waals surface area contributed by atoms with E-state index in [4.69, 9.17) is 11.6 Å². The Bertz CT molecular complexity index is 1140. The summed E-state index contributed by atoms with van der Waals surface area (Å²) in [6.45, 7) is 8.18. The zero-order valence-corrected chi connectivity index (χ0v) is 24.1. The molecule has 0 saturated heterocycles. The number of nitrogens with one attached hydrogen (secondary N) is 1. The molecular weight excluding hydrogens is 510 g/mol. The predicted molar refractivity (Wildman–Crippen MR) is 151 cm³/mol. The molecular formula is C28H40ClN3O4S. The molecule has 0 aromatic heterocycles. The van der Waals surface area contributed by atoms with Gasteiger partial charge in [-0.05, 0) is 61.9 Å². The average molecular weight is 550 g/mol. The fourth-order valence-electron chi connectivity index (χ4n) is 4.07. The predicted octanol–water partition coefficient (Wildman–Crippen LogP) is 5.17. The molecule has 2 aromatic rings. The number of hydrogen-bond acceptors (Lipinski definition) is 4. The van der Waals surface area contributed by atoms with Crippen LogP contribution < -0.4 is 9.62 Å². The van der Waals surface area contributed by atoms with E-state index in [-0.39, 0.29) is 37.4 Å². The first-order valence-corrected chi connectivity index (χ1v) is 15.1. The summed E-state index contributed by atoms with van der Waals surface area (Å²) in [6, 6.07) is 14.0. The van der Waals surface area contributed by atoms with Crippen LogP contribution in [0.1, 0.15) is 64.5 Å². The number of benzene rings is 2. The van der Waals surface area contributed by atoms with Gasteiger partial charge in [-0.25, -0.2) is 8.42 Å². The maximum absolute atomic E-state index is 13.5. The molecule has 0 radical (unpaired) electrons. The van der Waals surface area contributed by atoms with E-state index in [0.29, 0.717) is 23.6 Å². The lowest BCUT2D eigenvalue weighted by atomic mass is 10.1. The number of anilines is 1. The molecule has 0 spiro atoms. The van der Waals surface area contributed by atoms with Crippen molar-refractivity contribution in [3.05, 3.63) is 64.7 Å². The van der Waals surface area contributed by atoms with Gasteiger partial charge in [-0.3, -0.25) is 13.9 Å². The summed E-state index contributed by atoms with van der Waals surface area (Å²) in [5.74, 6) is -0.424. The summed E-state index contributed by atoms with van der Waals surface area (Å²) < 4.78 is 26.3. The summed E-state index contributed by atoms with van der Waals surface area (Å²) in [4.78, 5) is 28.2. The maximum atomic E-state index is 13.5. The number of nitrogens with zero attached hydrogens (tertiary/aromatic N) is 2. The van der Waals surface area contributed by atoms with Crippen molar-refractivity contribution in [1.82, 2.24) is 10.2 Å². The van der Waals surface area contributed by atoms with Gasteiger partial charge in [0.2, 0.25) is 21.8 Å². The zero-order valence-electron chi connectivity index (χ0n) is 22.5. The smallest absolute Gasteiger partial charge is 0.243 e. The standard InChI is InChI=1S/C28H40ClN3O4S/c1-6-21(4)30-28(34)26(8-3)31(20-23-12-9-10-13-25(23)29)27(33)14-11-19-32(37(5,35)36)24-17-15-22(7-2)16-18-24/h9-10,12-13,15-18,21,26H,6-8,11,14,19-20H2,1-5H3,(H,30,34)/t21-,26+/m1/s1. The van der Waals surface area contributed by atoms with Crippen molar-refractivity contribution in [3.8, 4) is 0 Å². The topological polar surface area (TPSA) is 86.8 Å². The van der Waals surface area contributed by atoms with Crippen LogP contribution in [0.5, 0.6) is 0 Å². The Morgan fingerprint density at radius 1 is 1.00 bits per heavy atom. The number of halogens is 1. The highest BCUT2D eigenvalue weighted by atomic mass is 35.5. The number of sulfonamides is 1. The van der Waals surface area contributed by atoms with Crippen LogP contribution in [0, 0.1) is 0 Å². The molecule has 0 fully saturated rings. The van der Waals surface area contributed by atoms with Gasteiger partial charge in [-0.15, -0.1) is 0 Å². The van der Waals surface area contributed by atoms with Crippen molar-refractivity contribution in [1.29, 1.82) is 0 Å². The Morgan fingerprint density at radius 2 is 1.65 bits per heavy atom. The molecule has 0 aliphatic heterocycles. The summed E-state index contributed by atoms with van der Waals surface area (Å²) in [6.07, 6.45) is 3.65. The molecule has 0 bridgehead atoms. The van der Waals surface area contributed by atoms with Crippen molar-refractivity contribution in [3.63, 3.8) is 0 Å². The third-order valence-electron chi connectivity index (χ3n) is 6.47. The van der Waals surface area contributed by atoms with Crippen LogP contribution in [0.2, 0.25) is 5.02 Å². The van der Waals surface area contributed by atoms with Crippen molar-refractivity contribution in [2.45, 2.75) is 78.4 Å². The molecule has 204 valence electrons. The first-order valence-electron chi connectivity index (χ1n) is 12.9. The van der Waals surface area contributed by atoms with Crippen molar-refractivity contribution >= 4 is 39.1 Å². The quantitative estimate of drug-likeness (QED) is 0.352. The monoisotopic (exact) mass is 549 g/mol. The minimum atomic E-state index is -3.53. The number of carbonyl (C=O) groups is 2. The summed E-state index contributed by atoms with van der Waals surface area (Å²) in [5.41, 5.74) is 2.43. The Balaban J connectivity index is 2.23. The SMILES string of the molecule is CCc1ccc(N(CCCC(=O)N(Cc2ccccc2Cl)[C@@H](CC)C(=O)N[C@H](C)CC)S(C)(=O)=O)cc1. The second-order valence-corrected chi connectivity index (χ2v) is 11.6. The number of rotatable bonds is 14. The van der Waals surface area contributed by atoms with E-state index in [1.165, 1.54) is 10.6 Å². The van der Waals surface area contributed by atoms with E-state index in [0.717, 1.165) is 24.0 Å². The van der Waals surface area contributed by atoms with E-state index in [1.807, 2.05) is 58.0 Å². The van der Waals surface area contributed by atoms with Crippen molar-refractivity contribution in [2.24, 2.45) is 0 Å². The van der Waals surface area contributed by atoms with Crippen LogP contribution in [-0.4, -0.2) is 50.0 Å². The molecule has 0 aliphatic carbocycles. The molecule has 2 atom stereocenters. The van der Waals surface area contributed by atoms with Crippen molar-refractivity contribution in [2.75, 3.05) is 17.1 Å². The van der Waals surface area contributed by atoms with Crippen LogP contribution in [-0.2, 0) is 32.6 Å². The van der Waals surface area contributed by atoms with E-state index in [1.54, 1.807) is 23.1 Å². The summed E-state index contributed by atoms with van der Waals surface area (Å²) in [7, 11) is -3.53. The molecule has 9 heteroatoms. The zero-order chi connectivity index (χ0) is 27.6. The van der Waals surface area contributed by atoms with Gasteiger partial charge in [0.15, 0.2) is 0 Å². The van der Waals surface area contributed by atoms with E-state index >= 15 is 0 Å². The van der Waals surface area contributed by atoms with Crippen molar-refractivity contribution < 1.29 is 18.0 Å². The highest BCUT2D eigenvalue weighted by molar-refractivity contribution is 7.92.